The van der Waals surface area contributed by atoms with E-state index in [-0.39, 0.29) is 16.0 Å². The van der Waals surface area contributed by atoms with Crippen LogP contribution in [0.1, 0.15) is 12.5 Å². The van der Waals surface area contributed by atoms with Gasteiger partial charge in [-0.15, -0.1) is 0 Å². The summed E-state index contributed by atoms with van der Waals surface area (Å²) in [6.07, 6.45) is 0.261. The normalized spacial score (nSPS) is 11.2. The first-order chi connectivity index (χ1) is 12.9. The highest BCUT2D eigenvalue weighted by Gasteiger charge is 2.16. The number of benzene rings is 2. The first kappa shape index (κ1) is 26.8. The molecule has 0 aliphatic carbocycles. The summed E-state index contributed by atoms with van der Waals surface area (Å²) in [5, 5.41) is 18.8. The van der Waals surface area contributed by atoms with Crippen LogP contribution in [0.3, 0.4) is 0 Å². The second kappa shape index (κ2) is 12.6. The zero-order chi connectivity index (χ0) is 21.6. The second-order valence-corrected chi connectivity index (χ2v) is 11.5. The molecule has 4 N–H and O–H groups in total. The van der Waals surface area contributed by atoms with Gasteiger partial charge in [0.15, 0.2) is 9.54 Å². The maximum absolute atomic E-state index is 10.9. The molecule has 0 saturated heterocycles. The van der Waals surface area contributed by atoms with Crippen molar-refractivity contribution in [3.63, 3.8) is 0 Å². The zero-order valence-electron chi connectivity index (χ0n) is 14.2. The van der Waals surface area contributed by atoms with Crippen molar-refractivity contribution in [2.45, 2.75) is 19.4 Å². The van der Waals surface area contributed by atoms with Gasteiger partial charge in [-0.3, -0.25) is 9.59 Å². The second-order valence-electron chi connectivity index (χ2n) is 5.35. The highest BCUT2D eigenvalue weighted by Crippen LogP contribution is 2.36. The van der Waals surface area contributed by atoms with Crippen LogP contribution in [0.15, 0.2) is 24.3 Å². The number of carbonyl (C=O) groups excluding carboxylic acids is 1. The lowest BCUT2D eigenvalue weighted by atomic mass is 10.1. The van der Waals surface area contributed by atoms with Gasteiger partial charge in [0.05, 0.1) is 14.3 Å². The molecule has 152 valence electrons. The Balaban J connectivity index is 0.000000892. The molecule has 2 aromatic carbocycles. The lowest BCUT2D eigenvalue weighted by Crippen LogP contribution is -2.32. The lowest BCUT2D eigenvalue weighted by Gasteiger charge is -2.14. The molecule has 1 atom stereocenters. The van der Waals surface area contributed by atoms with Crippen molar-refractivity contribution >= 4 is 123 Å². The molecule has 0 aromatic heterocycles. The Bertz CT molecular complexity index is 840. The van der Waals surface area contributed by atoms with E-state index in [2.05, 4.69) is 90.4 Å². The molecule has 0 aliphatic rings. The van der Waals surface area contributed by atoms with Crippen molar-refractivity contribution in [3.05, 3.63) is 44.1 Å². The third-order valence-corrected chi connectivity index (χ3v) is 6.29. The number of phenols is 1. The number of aromatic hydroxyl groups is 1. The number of hydrogen-bond acceptors (Lipinski definition) is 5. The maximum Gasteiger partial charge on any atom is 0.320 e. The van der Waals surface area contributed by atoms with Crippen LogP contribution < -0.4 is 10.5 Å². The molecular formula is C17H14I5NO5. The van der Waals surface area contributed by atoms with Gasteiger partial charge in [0.1, 0.15) is 17.5 Å². The van der Waals surface area contributed by atoms with E-state index in [1.165, 1.54) is 6.92 Å². The van der Waals surface area contributed by atoms with E-state index in [1.54, 1.807) is 34.7 Å². The Kier molecular flexibility index (Phi) is 12.1. The molecule has 1 unspecified atom stereocenters. The van der Waals surface area contributed by atoms with Gasteiger partial charge in [0, 0.05) is 6.92 Å². The molecule has 11 heteroatoms. The zero-order valence-corrected chi connectivity index (χ0v) is 25.0. The van der Waals surface area contributed by atoms with Gasteiger partial charge < -0.3 is 20.7 Å². The molecule has 0 fully saturated rings. The Labute approximate surface area is 230 Å². The van der Waals surface area contributed by atoms with E-state index in [4.69, 9.17) is 15.6 Å². The highest BCUT2D eigenvalue weighted by molar-refractivity contribution is 14.1. The van der Waals surface area contributed by atoms with E-state index in [0.717, 1.165) is 12.7 Å². The molecule has 0 heterocycles. The molecule has 0 bridgehead atoms. The summed E-state index contributed by atoms with van der Waals surface area (Å²) in [5.41, 5.74) is 6.44. The minimum Gasteiger partial charge on any atom is -0.506 e. The van der Waals surface area contributed by atoms with E-state index < -0.39 is 12.0 Å². The number of carboxylic acids is 1. The fraction of sp³-hybridized carbons (Fsp3) is 0.176. The maximum atomic E-state index is 10.9. The third kappa shape index (κ3) is 8.88. The smallest absolute Gasteiger partial charge is 0.320 e. The van der Waals surface area contributed by atoms with Crippen molar-refractivity contribution < 1.29 is 24.5 Å². The molecule has 2 aromatic rings. The average molecular weight is 947 g/mol. The fourth-order valence-corrected chi connectivity index (χ4v) is 5.72. The Morgan fingerprint density at radius 2 is 1.46 bits per heavy atom. The third-order valence-electron chi connectivity index (χ3n) is 3.04. The summed E-state index contributed by atoms with van der Waals surface area (Å²) in [7, 11) is 0. The topological polar surface area (TPSA) is 110 Å². The van der Waals surface area contributed by atoms with Crippen LogP contribution in [0.2, 0.25) is 0 Å². The molecule has 0 spiro atoms. The van der Waals surface area contributed by atoms with Crippen molar-refractivity contribution in [3.8, 4) is 17.2 Å². The summed E-state index contributed by atoms with van der Waals surface area (Å²) in [4.78, 5) is 20.3. The minimum absolute atomic E-state index is 0.137. The largest absolute Gasteiger partial charge is 0.506 e. The molecular weight excluding hydrogens is 933 g/mol. The highest BCUT2D eigenvalue weighted by atomic mass is 127. The number of phenolic OH excluding ortho intramolecular Hbond substituents is 1. The first-order valence-corrected chi connectivity index (χ1v) is 12.8. The fourth-order valence-electron chi connectivity index (χ4n) is 1.89. The van der Waals surface area contributed by atoms with Gasteiger partial charge in [-0.2, -0.15) is 0 Å². The summed E-state index contributed by atoms with van der Waals surface area (Å²) >= 11 is 10.1. The van der Waals surface area contributed by atoms with Crippen LogP contribution in [0.4, 0.5) is 0 Å². The van der Waals surface area contributed by atoms with Crippen LogP contribution in [0.5, 0.6) is 17.2 Å². The summed E-state index contributed by atoms with van der Waals surface area (Å²) in [5.74, 6) is 0.549. The van der Waals surface area contributed by atoms with Gasteiger partial charge in [0.25, 0.3) is 0 Å². The number of carboxylic acid groups (broad SMARTS) is 1. The number of hydrogen-bond donors (Lipinski definition) is 3. The van der Waals surface area contributed by atoms with Crippen LogP contribution in [0.25, 0.3) is 0 Å². The Morgan fingerprint density at radius 3 is 1.86 bits per heavy atom. The SMILES string of the molecule is CC(=O)I.NC(Cc1cc(I)c(Oc2cc(I)c(O)c(I)c2)c(I)c1)C(=O)O. The summed E-state index contributed by atoms with van der Waals surface area (Å²) in [6, 6.07) is 6.34. The van der Waals surface area contributed by atoms with Gasteiger partial charge in [-0.1, -0.05) is 0 Å². The number of nitrogens with two attached hydrogens (primary N) is 1. The van der Waals surface area contributed by atoms with Gasteiger partial charge in [0.2, 0.25) is 0 Å². The van der Waals surface area contributed by atoms with Crippen LogP contribution >= 0.6 is 113 Å². The number of ether oxygens (including phenoxy) is 1. The number of aliphatic carboxylic acids is 1. The van der Waals surface area contributed by atoms with Gasteiger partial charge >= 0.3 is 5.97 Å². The predicted octanol–water partition coefficient (Wildman–Crippen LogP) is 5.53. The summed E-state index contributed by atoms with van der Waals surface area (Å²) in [6.45, 7) is 1.51. The van der Waals surface area contributed by atoms with E-state index in [0.29, 0.717) is 18.6 Å². The van der Waals surface area contributed by atoms with Crippen molar-refractivity contribution in [1.82, 2.24) is 0 Å². The predicted molar refractivity (Wildman–Crippen MR) is 150 cm³/mol. The summed E-state index contributed by atoms with van der Waals surface area (Å²) < 4.78 is 9.27. The van der Waals surface area contributed by atoms with Gasteiger partial charge in [-0.05, 0) is 149 Å². The molecule has 6 nitrogen and oxygen atoms in total. The average Bonchev–Trinajstić information content (AvgIpc) is 2.55. The lowest BCUT2D eigenvalue weighted by molar-refractivity contribution is -0.138. The minimum atomic E-state index is -1.02. The number of rotatable bonds is 5. The number of halogens is 5. The Hall–Kier alpha value is 0.790. The molecule has 28 heavy (non-hydrogen) atoms. The van der Waals surface area contributed by atoms with Crippen LogP contribution in [-0.2, 0) is 16.0 Å². The Morgan fingerprint density at radius 1 is 1.04 bits per heavy atom. The van der Waals surface area contributed by atoms with Crippen molar-refractivity contribution in [2.75, 3.05) is 0 Å². The molecule has 0 aliphatic heterocycles. The molecule has 0 saturated carbocycles. The van der Waals surface area contributed by atoms with E-state index >= 15 is 0 Å². The van der Waals surface area contributed by atoms with Crippen LogP contribution in [0, 0.1) is 14.3 Å². The molecule has 0 amide bonds. The number of carbonyl (C=O) groups is 2. The standard InChI is InChI=1S/C15H11I4NO4.C2H3IO/c16-8-4-7(5-9(17)13(8)21)24-14-10(18)1-6(2-11(14)19)3-12(20)15(22)23;1-2(3)4/h1-2,4-5,12,21H,3,20H2,(H,22,23);1H3. The monoisotopic (exact) mass is 947 g/mol. The molecule has 0 radical (unpaired) electrons. The van der Waals surface area contributed by atoms with E-state index in [1.807, 2.05) is 12.1 Å². The van der Waals surface area contributed by atoms with E-state index in [9.17, 15) is 14.7 Å². The van der Waals surface area contributed by atoms with Crippen molar-refractivity contribution in [2.24, 2.45) is 5.73 Å². The first-order valence-electron chi connectivity index (χ1n) is 7.40. The molecule has 2 rings (SSSR count). The van der Waals surface area contributed by atoms with Gasteiger partial charge in [-0.25, -0.2) is 0 Å². The van der Waals surface area contributed by atoms with Crippen molar-refractivity contribution in [1.29, 1.82) is 0 Å². The quantitative estimate of drug-likeness (QED) is 0.269. The van der Waals surface area contributed by atoms with Crippen LogP contribution in [-0.4, -0.2) is 26.0 Å².